The van der Waals surface area contributed by atoms with Gasteiger partial charge in [-0.05, 0) is 38.2 Å². The second-order valence-corrected chi connectivity index (χ2v) is 4.81. The van der Waals surface area contributed by atoms with Crippen molar-refractivity contribution in [3.63, 3.8) is 0 Å². The van der Waals surface area contributed by atoms with Crippen LogP contribution in [0.25, 0.3) is 0 Å². The van der Waals surface area contributed by atoms with E-state index in [1.165, 1.54) is 12.0 Å². The third-order valence-corrected chi connectivity index (χ3v) is 3.62. The van der Waals surface area contributed by atoms with Gasteiger partial charge in [-0.1, -0.05) is 0 Å². The molecule has 1 spiro atoms. The SMILES string of the molecule is CN1CCC2(COc3ccc(N)cc32)C1. The van der Waals surface area contributed by atoms with E-state index in [1.54, 1.807) is 0 Å². The van der Waals surface area contributed by atoms with E-state index in [4.69, 9.17) is 10.5 Å². The van der Waals surface area contributed by atoms with Crippen molar-refractivity contribution in [2.24, 2.45) is 0 Å². The minimum atomic E-state index is 0.208. The lowest BCUT2D eigenvalue weighted by molar-refractivity contribution is 0.263. The summed E-state index contributed by atoms with van der Waals surface area (Å²) in [5.74, 6) is 1.03. The van der Waals surface area contributed by atoms with Gasteiger partial charge in [0.1, 0.15) is 5.75 Å². The first-order valence-corrected chi connectivity index (χ1v) is 5.41. The lowest BCUT2D eigenvalue weighted by Gasteiger charge is -2.21. The summed E-state index contributed by atoms with van der Waals surface area (Å²) < 4.78 is 5.76. The number of benzene rings is 1. The van der Waals surface area contributed by atoms with E-state index in [0.29, 0.717) is 0 Å². The Bertz CT molecular complexity index is 401. The summed E-state index contributed by atoms with van der Waals surface area (Å²) in [6, 6.07) is 6.00. The molecule has 0 bridgehead atoms. The van der Waals surface area contributed by atoms with Crippen molar-refractivity contribution in [2.45, 2.75) is 11.8 Å². The molecule has 1 fully saturated rings. The lowest BCUT2D eigenvalue weighted by Crippen LogP contribution is -2.31. The predicted molar refractivity (Wildman–Crippen MR) is 60.1 cm³/mol. The first-order chi connectivity index (χ1) is 7.20. The van der Waals surface area contributed by atoms with Gasteiger partial charge in [0.2, 0.25) is 0 Å². The Balaban J connectivity index is 2.07. The standard InChI is InChI=1S/C12H16N2O/c1-14-5-4-12(7-14)8-15-11-3-2-9(13)6-10(11)12/h2-3,6H,4-5,7-8,13H2,1H3. The van der Waals surface area contributed by atoms with E-state index >= 15 is 0 Å². The summed E-state index contributed by atoms with van der Waals surface area (Å²) in [5.41, 5.74) is 8.21. The molecule has 1 saturated heterocycles. The molecule has 2 aliphatic heterocycles. The topological polar surface area (TPSA) is 38.5 Å². The summed E-state index contributed by atoms with van der Waals surface area (Å²) in [6.07, 6.45) is 1.18. The molecule has 0 amide bonds. The second kappa shape index (κ2) is 2.89. The third kappa shape index (κ3) is 1.23. The number of hydrogen-bond donors (Lipinski definition) is 1. The summed E-state index contributed by atoms with van der Waals surface area (Å²) in [4.78, 5) is 2.36. The molecule has 1 unspecified atom stereocenters. The number of hydrogen-bond acceptors (Lipinski definition) is 3. The maximum absolute atomic E-state index is 5.85. The maximum atomic E-state index is 5.85. The second-order valence-electron chi connectivity index (χ2n) is 4.81. The van der Waals surface area contributed by atoms with Gasteiger partial charge in [-0.25, -0.2) is 0 Å². The van der Waals surface area contributed by atoms with Crippen LogP contribution in [0.5, 0.6) is 5.75 Å². The van der Waals surface area contributed by atoms with Crippen LogP contribution in [0.4, 0.5) is 5.69 Å². The number of rotatable bonds is 0. The summed E-state index contributed by atoms with van der Waals surface area (Å²) in [7, 11) is 2.17. The van der Waals surface area contributed by atoms with Gasteiger partial charge in [0.15, 0.2) is 0 Å². The Labute approximate surface area is 89.8 Å². The molecule has 2 N–H and O–H groups in total. The fourth-order valence-corrected chi connectivity index (χ4v) is 2.80. The van der Waals surface area contributed by atoms with Crippen molar-refractivity contribution < 1.29 is 4.74 Å². The van der Waals surface area contributed by atoms with Crippen molar-refractivity contribution in [2.75, 3.05) is 32.5 Å². The van der Waals surface area contributed by atoms with Gasteiger partial charge < -0.3 is 15.4 Å². The van der Waals surface area contributed by atoms with Crippen molar-refractivity contribution in [1.82, 2.24) is 4.90 Å². The zero-order valence-electron chi connectivity index (χ0n) is 8.99. The van der Waals surface area contributed by atoms with Crippen molar-refractivity contribution in [3.8, 4) is 5.75 Å². The Kier molecular flexibility index (Phi) is 1.74. The Morgan fingerprint density at radius 1 is 1.47 bits per heavy atom. The van der Waals surface area contributed by atoms with Gasteiger partial charge in [-0.15, -0.1) is 0 Å². The summed E-state index contributed by atoms with van der Waals surface area (Å²) >= 11 is 0. The van der Waals surface area contributed by atoms with Gasteiger partial charge in [0.25, 0.3) is 0 Å². The maximum Gasteiger partial charge on any atom is 0.123 e. The normalized spacial score (nSPS) is 29.4. The number of fused-ring (bicyclic) bond motifs is 2. The minimum Gasteiger partial charge on any atom is -0.492 e. The average Bonchev–Trinajstić information content (AvgIpc) is 2.74. The molecule has 2 heterocycles. The molecule has 1 aromatic carbocycles. The zero-order chi connectivity index (χ0) is 10.5. The highest BCUT2D eigenvalue weighted by Crippen LogP contribution is 2.44. The van der Waals surface area contributed by atoms with Crippen LogP contribution in [0.15, 0.2) is 18.2 Å². The zero-order valence-corrected chi connectivity index (χ0v) is 8.99. The van der Waals surface area contributed by atoms with Gasteiger partial charge >= 0.3 is 0 Å². The van der Waals surface area contributed by atoms with Gasteiger partial charge in [0.05, 0.1) is 6.61 Å². The smallest absolute Gasteiger partial charge is 0.123 e. The van der Waals surface area contributed by atoms with E-state index in [1.807, 2.05) is 12.1 Å². The number of ether oxygens (including phenoxy) is 1. The van der Waals surface area contributed by atoms with E-state index in [9.17, 15) is 0 Å². The minimum absolute atomic E-state index is 0.208. The van der Waals surface area contributed by atoms with Crippen LogP contribution in [0.3, 0.4) is 0 Å². The number of likely N-dealkylation sites (tertiary alicyclic amines) is 1. The van der Waals surface area contributed by atoms with Crippen molar-refractivity contribution in [3.05, 3.63) is 23.8 Å². The molecule has 1 aromatic rings. The van der Waals surface area contributed by atoms with E-state index in [-0.39, 0.29) is 5.41 Å². The fourth-order valence-electron chi connectivity index (χ4n) is 2.80. The molecule has 0 aliphatic carbocycles. The molecule has 0 radical (unpaired) electrons. The van der Waals surface area contributed by atoms with Crippen molar-refractivity contribution >= 4 is 5.69 Å². The molecule has 3 heteroatoms. The highest BCUT2D eigenvalue weighted by atomic mass is 16.5. The fraction of sp³-hybridized carbons (Fsp3) is 0.500. The number of nitrogens with zero attached hydrogens (tertiary/aromatic N) is 1. The summed E-state index contributed by atoms with van der Waals surface area (Å²) in [6.45, 7) is 3.05. The molecule has 0 saturated carbocycles. The Morgan fingerprint density at radius 2 is 2.33 bits per heavy atom. The molecular weight excluding hydrogens is 188 g/mol. The molecule has 1 atom stereocenters. The van der Waals surface area contributed by atoms with Gasteiger partial charge in [-0.2, -0.15) is 0 Å². The van der Waals surface area contributed by atoms with Crippen LogP contribution in [-0.2, 0) is 5.41 Å². The molecule has 3 rings (SSSR count). The first-order valence-electron chi connectivity index (χ1n) is 5.41. The first kappa shape index (κ1) is 9.04. The highest BCUT2D eigenvalue weighted by Gasteiger charge is 2.44. The van der Waals surface area contributed by atoms with Crippen LogP contribution in [0.2, 0.25) is 0 Å². The van der Waals surface area contributed by atoms with E-state index < -0.39 is 0 Å². The van der Waals surface area contributed by atoms with Crippen LogP contribution >= 0.6 is 0 Å². The predicted octanol–water partition coefficient (Wildman–Crippen LogP) is 1.23. The van der Waals surface area contributed by atoms with Gasteiger partial charge in [0, 0.05) is 23.2 Å². The van der Waals surface area contributed by atoms with Crippen LogP contribution in [0, 0.1) is 0 Å². The van der Waals surface area contributed by atoms with E-state index in [2.05, 4.69) is 18.0 Å². The highest BCUT2D eigenvalue weighted by molar-refractivity contribution is 5.53. The summed E-state index contributed by atoms with van der Waals surface area (Å²) in [5, 5.41) is 0. The van der Waals surface area contributed by atoms with Crippen molar-refractivity contribution in [1.29, 1.82) is 0 Å². The largest absolute Gasteiger partial charge is 0.492 e. The van der Waals surface area contributed by atoms with Crippen LogP contribution in [0.1, 0.15) is 12.0 Å². The quantitative estimate of drug-likeness (QED) is 0.646. The third-order valence-electron chi connectivity index (χ3n) is 3.62. The molecular formula is C12H16N2O. The molecule has 15 heavy (non-hydrogen) atoms. The number of likely N-dealkylation sites (N-methyl/N-ethyl adjacent to an activating group) is 1. The number of anilines is 1. The molecule has 3 nitrogen and oxygen atoms in total. The van der Waals surface area contributed by atoms with E-state index in [0.717, 1.165) is 31.1 Å². The van der Waals surface area contributed by atoms with Crippen LogP contribution in [-0.4, -0.2) is 31.6 Å². The molecule has 2 aliphatic rings. The number of nitrogens with two attached hydrogens (primary N) is 1. The molecule has 0 aromatic heterocycles. The average molecular weight is 204 g/mol. The lowest BCUT2D eigenvalue weighted by atomic mass is 9.81. The Morgan fingerprint density at radius 3 is 3.07 bits per heavy atom. The van der Waals surface area contributed by atoms with Crippen LogP contribution < -0.4 is 10.5 Å². The van der Waals surface area contributed by atoms with Gasteiger partial charge in [-0.3, -0.25) is 0 Å². The number of nitrogen functional groups attached to an aromatic ring is 1. The molecule has 80 valence electrons. The monoisotopic (exact) mass is 204 g/mol. The Hall–Kier alpha value is -1.22.